The highest BCUT2D eigenvalue weighted by Gasteiger charge is 2.11. The van der Waals surface area contributed by atoms with Crippen molar-refractivity contribution in [2.75, 3.05) is 37.5 Å². The van der Waals surface area contributed by atoms with Crippen molar-refractivity contribution in [3.63, 3.8) is 0 Å². The summed E-state index contributed by atoms with van der Waals surface area (Å²) in [5.74, 6) is 1.18. The quantitative estimate of drug-likeness (QED) is 0.700. The van der Waals surface area contributed by atoms with Gasteiger partial charge in [-0.1, -0.05) is 0 Å². The van der Waals surface area contributed by atoms with Crippen molar-refractivity contribution in [3.8, 4) is 0 Å². The fourth-order valence-electron chi connectivity index (χ4n) is 1.25. The van der Waals surface area contributed by atoms with E-state index in [1.165, 1.54) is 0 Å². The molecule has 1 atom stereocenters. The Bertz CT molecular complexity index is 351. The van der Waals surface area contributed by atoms with Gasteiger partial charge in [-0.25, -0.2) is 4.98 Å². The number of hydrogen-bond acceptors (Lipinski definition) is 6. The molecule has 1 unspecified atom stereocenters. The van der Waals surface area contributed by atoms with Crippen LogP contribution in [0.2, 0.25) is 0 Å². The van der Waals surface area contributed by atoms with Crippen molar-refractivity contribution >= 4 is 27.7 Å². The molecule has 1 rings (SSSR count). The number of nitrogens with zero attached hydrogens (tertiary/aromatic N) is 2. The summed E-state index contributed by atoms with van der Waals surface area (Å²) >= 11 is 3.35. The van der Waals surface area contributed by atoms with Gasteiger partial charge in [0, 0.05) is 19.9 Å². The highest BCUT2D eigenvalue weighted by molar-refractivity contribution is 9.10. The molecule has 1 heterocycles. The Labute approximate surface area is 109 Å². The molecule has 0 aromatic carbocycles. The molecule has 1 aromatic heterocycles. The van der Waals surface area contributed by atoms with Crippen molar-refractivity contribution in [1.29, 1.82) is 0 Å². The third-order valence-electron chi connectivity index (χ3n) is 2.01. The Balaban J connectivity index is 2.76. The minimum Gasteiger partial charge on any atom is -0.394 e. The summed E-state index contributed by atoms with van der Waals surface area (Å²) in [5.41, 5.74) is 0. The maximum atomic E-state index is 9.17. The van der Waals surface area contributed by atoms with Crippen molar-refractivity contribution < 1.29 is 9.84 Å². The SMILES string of the molecule is CCNc1ncc(Br)c(NC(CO)COC)n1. The molecule has 0 spiro atoms. The molecule has 0 saturated heterocycles. The van der Waals surface area contributed by atoms with E-state index in [9.17, 15) is 0 Å². The van der Waals surface area contributed by atoms with Gasteiger partial charge in [0.25, 0.3) is 0 Å². The molecule has 3 N–H and O–H groups in total. The van der Waals surface area contributed by atoms with Crippen LogP contribution in [0.5, 0.6) is 0 Å². The number of ether oxygens (including phenoxy) is 1. The van der Waals surface area contributed by atoms with Crippen LogP contribution in [0.3, 0.4) is 0 Å². The van der Waals surface area contributed by atoms with Crippen LogP contribution in [-0.2, 0) is 4.74 Å². The zero-order valence-electron chi connectivity index (χ0n) is 9.90. The number of aliphatic hydroxyl groups excluding tert-OH is 1. The van der Waals surface area contributed by atoms with Gasteiger partial charge in [0.05, 0.1) is 23.7 Å². The number of aromatic nitrogens is 2. The van der Waals surface area contributed by atoms with E-state index in [2.05, 4.69) is 36.5 Å². The fourth-order valence-corrected chi connectivity index (χ4v) is 1.55. The maximum Gasteiger partial charge on any atom is 0.224 e. The Hall–Kier alpha value is -0.920. The summed E-state index contributed by atoms with van der Waals surface area (Å²) in [7, 11) is 1.59. The lowest BCUT2D eigenvalue weighted by Crippen LogP contribution is -2.29. The number of anilines is 2. The number of methoxy groups -OCH3 is 1. The molecular formula is C10H17BrN4O2. The third-order valence-corrected chi connectivity index (χ3v) is 2.59. The van der Waals surface area contributed by atoms with Crippen molar-refractivity contribution in [2.24, 2.45) is 0 Å². The standard InChI is InChI=1S/C10H17BrN4O2/c1-3-12-10-13-4-8(11)9(15-10)14-7(5-16)6-17-2/h4,7,16H,3,5-6H2,1-2H3,(H2,12,13,14,15). The Kier molecular flexibility index (Phi) is 6.17. The Morgan fingerprint density at radius 3 is 2.94 bits per heavy atom. The maximum absolute atomic E-state index is 9.17. The van der Waals surface area contributed by atoms with Gasteiger partial charge in [0.15, 0.2) is 0 Å². The van der Waals surface area contributed by atoms with E-state index in [1.807, 2.05) is 6.92 Å². The summed E-state index contributed by atoms with van der Waals surface area (Å²) in [5, 5.41) is 15.3. The van der Waals surface area contributed by atoms with Crippen molar-refractivity contribution in [3.05, 3.63) is 10.7 Å². The molecule has 0 fully saturated rings. The number of halogens is 1. The summed E-state index contributed by atoms with van der Waals surface area (Å²) in [6.45, 7) is 3.10. The van der Waals surface area contributed by atoms with Gasteiger partial charge >= 0.3 is 0 Å². The van der Waals surface area contributed by atoms with Crippen LogP contribution >= 0.6 is 15.9 Å². The molecule has 0 aliphatic carbocycles. The van der Waals surface area contributed by atoms with Gasteiger partial charge in [0.1, 0.15) is 5.82 Å². The predicted molar refractivity (Wildman–Crippen MR) is 70.3 cm³/mol. The number of hydrogen-bond donors (Lipinski definition) is 3. The molecule has 0 aliphatic heterocycles. The topological polar surface area (TPSA) is 79.3 Å². The largest absolute Gasteiger partial charge is 0.394 e. The summed E-state index contributed by atoms with van der Waals surface area (Å²) in [4.78, 5) is 8.39. The van der Waals surface area contributed by atoms with Crippen LogP contribution in [0, 0.1) is 0 Å². The van der Waals surface area contributed by atoms with Crippen LogP contribution < -0.4 is 10.6 Å². The first-order valence-electron chi connectivity index (χ1n) is 5.34. The molecule has 0 saturated carbocycles. The normalized spacial score (nSPS) is 12.2. The van der Waals surface area contributed by atoms with Gasteiger partial charge in [-0.15, -0.1) is 0 Å². The molecule has 0 aliphatic rings. The van der Waals surface area contributed by atoms with Gasteiger partial charge in [-0.2, -0.15) is 4.98 Å². The van der Waals surface area contributed by atoms with Crippen LogP contribution in [0.25, 0.3) is 0 Å². The minimum absolute atomic E-state index is 0.0270. The number of nitrogens with one attached hydrogen (secondary N) is 2. The molecule has 17 heavy (non-hydrogen) atoms. The Morgan fingerprint density at radius 1 is 1.59 bits per heavy atom. The first-order chi connectivity index (χ1) is 8.21. The monoisotopic (exact) mass is 304 g/mol. The van der Waals surface area contributed by atoms with E-state index >= 15 is 0 Å². The lowest BCUT2D eigenvalue weighted by atomic mass is 10.3. The highest BCUT2D eigenvalue weighted by atomic mass is 79.9. The van der Waals surface area contributed by atoms with Gasteiger partial charge in [0.2, 0.25) is 5.95 Å². The highest BCUT2D eigenvalue weighted by Crippen LogP contribution is 2.20. The zero-order chi connectivity index (χ0) is 12.7. The van der Waals surface area contributed by atoms with E-state index in [4.69, 9.17) is 9.84 Å². The molecule has 96 valence electrons. The number of rotatable bonds is 7. The van der Waals surface area contributed by atoms with Gasteiger partial charge in [-0.05, 0) is 22.9 Å². The lowest BCUT2D eigenvalue weighted by molar-refractivity contribution is 0.153. The van der Waals surface area contributed by atoms with E-state index < -0.39 is 0 Å². The fraction of sp³-hybridized carbons (Fsp3) is 0.600. The van der Waals surface area contributed by atoms with Gasteiger partial charge in [-0.3, -0.25) is 0 Å². The van der Waals surface area contributed by atoms with Crippen LogP contribution in [0.4, 0.5) is 11.8 Å². The van der Waals surface area contributed by atoms with E-state index in [0.717, 1.165) is 11.0 Å². The smallest absolute Gasteiger partial charge is 0.224 e. The van der Waals surface area contributed by atoms with E-state index in [0.29, 0.717) is 18.4 Å². The summed E-state index contributed by atoms with van der Waals surface area (Å²) < 4.78 is 5.73. The number of aliphatic hydroxyl groups is 1. The average molecular weight is 305 g/mol. The molecule has 0 bridgehead atoms. The first-order valence-corrected chi connectivity index (χ1v) is 6.13. The second kappa shape index (κ2) is 7.41. The molecule has 0 radical (unpaired) electrons. The van der Waals surface area contributed by atoms with E-state index in [1.54, 1.807) is 13.3 Å². The second-order valence-electron chi connectivity index (χ2n) is 3.40. The molecule has 6 nitrogen and oxygen atoms in total. The van der Waals surface area contributed by atoms with Crippen molar-refractivity contribution in [1.82, 2.24) is 9.97 Å². The van der Waals surface area contributed by atoms with Gasteiger partial charge < -0.3 is 20.5 Å². The van der Waals surface area contributed by atoms with Crippen LogP contribution in [-0.4, -0.2) is 48.0 Å². The summed E-state index contributed by atoms with van der Waals surface area (Å²) in [6, 6.07) is -0.194. The van der Waals surface area contributed by atoms with E-state index in [-0.39, 0.29) is 12.6 Å². The van der Waals surface area contributed by atoms with Crippen LogP contribution in [0.15, 0.2) is 10.7 Å². The van der Waals surface area contributed by atoms with Crippen molar-refractivity contribution in [2.45, 2.75) is 13.0 Å². The molecule has 1 aromatic rings. The summed E-state index contributed by atoms with van der Waals surface area (Å²) in [6.07, 6.45) is 1.66. The molecular weight excluding hydrogens is 288 g/mol. The minimum atomic E-state index is -0.194. The predicted octanol–water partition coefficient (Wildman–Crippen LogP) is 1.09. The molecule has 7 heteroatoms. The lowest BCUT2D eigenvalue weighted by Gasteiger charge is -2.17. The first kappa shape index (κ1) is 14.1. The third kappa shape index (κ3) is 4.45. The Morgan fingerprint density at radius 2 is 2.35 bits per heavy atom. The second-order valence-corrected chi connectivity index (χ2v) is 4.25. The zero-order valence-corrected chi connectivity index (χ0v) is 11.5. The molecule has 0 amide bonds. The average Bonchev–Trinajstić information content (AvgIpc) is 2.33. The van der Waals surface area contributed by atoms with Crippen LogP contribution in [0.1, 0.15) is 6.92 Å².